The second-order valence-corrected chi connectivity index (χ2v) is 7.19. The van der Waals surface area contributed by atoms with Crippen LogP contribution >= 0.6 is 12.2 Å². The van der Waals surface area contributed by atoms with E-state index < -0.39 is 0 Å². The second-order valence-electron chi connectivity index (χ2n) is 6.78. The van der Waals surface area contributed by atoms with Gasteiger partial charge in [-0.15, -0.1) is 0 Å². The molecule has 0 aliphatic carbocycles. The predicted octanol–water partition coefficient (Wildman–Crippen LogP) is 3.79. The summed E-state index contributed by atoms with van der Waals surface area (Å²) < 4.78 is 5.54. The van der Waals surface area contributed by atoms with Gasteiger partial charge in [-0.25, -0.2) is 0 Å². The van der Waals surface area contributed by atoms with Crippen molar-refractivity contribution in [2.24, 2.45) is 5.92 Å². The van der Waals surface area contributed by atoms with Gasteiger partial charge in [0.05, 0.1) is 0 Å². The van der Waals surface area contributed by atoms with Gasteiger partial charge in [-0.3, -0.25) is 14.9 Å². The predicted molar refractivity (Wildman–Crippen MR) is 116 cm³/mol. The lowest BCUT2D eigenvalue weighted by molar-refractivity contribution is -0.121. The monoisotopic (exact) mass is 399 g/mol. The molecule has 0 heterocycles. The van der Waals surface area contributed by atoms with Gasteiger partial charge in [0.1, 0.15) is 5.75 Å². The average molecular weight is 400 g/mol. The van der Waals surface area contributed by atoms with Gasteiger partial charge in [0.25, 0.3) is 5.91 Å². The molecule has 0 spiro atoms. The van der Waals surface area contributed by atoms with Crippen LogP contribution in [0.4, 0.5) is 11.4 Å². The maximum atomic E-state index is 12.1. The van der Waals surface area contributed by atoms with Gasteiger partial charge in [0.15, 0.2) is 11.7 Å². The molecule has 3 N–H and O–H groups in total. The van der Waals surface area contributed by atoms with E-state index in [2.05, 4.69) is 16.0 Å². The number of ether oxygens (including phenoxy) is 1. The minimum Gasteiger partial charge on any atom is -0.483 e. The molecule has 0 atom stereocenters. The van der Waals surface area contributed by atoms with E-state index in [1.165, 1.54) is 0 Å². The molecule has 0 aliphatic rings. The molecule has 7 heteroatoms. The highest BCUT2D eigenvalue weighted by Crippen LogP contribution is 2.18. The molecular weight excluding hydrogens is 374 g/mol. The van der Waals surface area contributed by atoms with Crippen LogP contribution in [0.5, 0.6) is 5.75 Å². The molecule has 6 nitrogen and oxygen atoms in total. The Hall–Kier alpha value is -2.93. The molecule has 0 aromatic heterocycles. The van der Waals surface area contributed by atoms with Crippen molar-refractivity contribution in [3.05, 3.63) is 53.6 Å². The van der Waals surface area contributed by atoms with Crippen LogP contribution in [0, 0.1) is 19.8 Å². The minimum absolute atomic E-state index is 0.0726. The Labute approximate surface area is 170 Å². The van der Waals surface area contributed by atoms with Crippen molar-refractivity contribution in [2.45, 2.75) is 27.7 Å². The van der Waals surface area contributed by atoms with Crippen molar-refractivity contribution in [2.75, 3.05) is 17.2 Å². The van der Waals surface area contributed by atoms with Crippen LogP contribution in [0.25, 0.3) is 0 Å². The molecule has 2 amide bonds. The van der Waals surface area contributed by atoms with Gasteiger partial charge in [0.2, 0.25) is 5.91 Å². The maximum absolute atomic E-state index is 12.1. The van der Waals surface area contributed by atoms with Crippen LogP contribution in [0.15, 0.2) is 42.5 Å². The largest absolute Gasteiger partial charge is 0.483 e. The number of carbonyl (C=O) groups is 2. The lowest BCUT2D eigenvalue weighted by Gasteiger charge is -2.13. The molecule has 2 aromatic carbocycles. The topological polar surface area (TPSA) is 79.5 Å². The lowest BCUT2D eigenvalue weighted by Crippen LogP contribution is -2.37. The first-order valence-electron chi connectivity index (χ1n) is 8.96. The van der Waals surface area contributed by atoms with Gasteiger partial charge >= 0.3 is 0 Å². The number of rotatable bonds is 6. The van der Waals surface area contributed by atoms with Gasteiger partial charge in [-0.05, 0) is 55.9 Å². The van der Waals surface area contributed by atoms with E-state index in [1.807, 2.05) is 45.9 Å². The van der Waals surface area contributed by atoms with Crippen LogP contribution in [-0.2, 0) is 9.59 Å². The van der Waals surface area contributed by atoms with Crippen LogP contribution < -0.4 is 20.7 Å². The summed E-state index contributed by atoms with van der Waals surface area (Å²) in [5.41, 5.74) is 3.40. The highest BCUT2D eigenvalue weighted by atomic mass is 32.1. The molecule has 2 aromatic rings. The highest BCUT2D eigenvalue weighted by molar-refractivity contribution is 7.80. The summed E-state index contributed by atoms with van der Waals surface area (Å²) in [7, 11) is 0. The number of hydrogen-bond donors (Lipinski definition) is 3. The van der Waals surface area contributed by atoms with E-state index in [0.717, 1.165) is 11.1 Å². The van der Waals surface area contributed by atoms with E-state index in [-0.39, 0.29) is 29.5 Å². The summed E-state index contributed by atoms with van der Waals surface area (Å²) in [6.07, 6.45) is 0. The SMILES string of the molecule is Cc1ccc(OCC(=O)NC(=S)Nc2cccc(NC(=O)C(C)C)c2)c(C)c1. The molecule has 0 radical (unpaired) electrons. The quantitative estimate of drug-likeness (QED) is 0.644. The van der Waals surface area contributed by atoms with Crippen molar-refractivity contribution in [1.29, 1.82) is 0 Å². The van der Waals surface area contributed by atoms with Crippen LogP contribution in [0.3, 0.4) is 0 Å². The number of benzene rings is 2. The number of carbonyl (C=O) groups excluding carboxylic acids is 2. The number of nitrogens with one attached hydrogen (secondary N) is 3. The van der Waals surface area contributed by atoms with E-state index >= 15 is 0 Å². The first kappa shape index (κ1) is 21.4. The number of anilines is 2. The smallest absolute Gasteiger partial charge is 0.264 e. The van der Waals surface area contributed by atoms with Gasteiger partial charge in [-0.1, -0.05) is 37.6 Å². The summed E-state index contributed by atoms with van der Waals surface area (Å²) >= 11 is 5.17. The summed E-state index contributed by atoms with van der Waals surface area (Å²) in [4.78, 5) is 23.9. The van der Waals surface area contributed by atoms with E-state index in [0.29, 0.717) is 17.1 Å². The van der Waals surface area contributed by atoms with Crippen LogP contribution in [-0.4, -0.2) is 23.5 Å². The van der Waals surface area contributed by atoms with E-state index in [1.54, 1.807) is 24.3 Å². The van der Waals surface area contributed by atoms with Crippen molar-refractivity contribution in [1.82, 2.24) is 5.32 Å². The normalized spacial score (nSPS) is 10.3. The third-order valence-electron chi connectivity index (χ3n) is 3.85. The fourth-order valence-corrected chi connectivity index (χ4v) is 2.62. The molecule has 0 unspecified atom stereocenters. The third kappa shape index (κ3) is 6.66. The van der Waals surface area contributed by atoms with Crippen LogP contribution in [0.1, 0.15) is 25.0 Å². The van der Waals surface area contributed by atoms with Gasteiger partial charge in [0, 0.05) is 17.3 Å². The van der Waals surface area contributed by atoms with Crippen molar-refractivity contribution in [3.8, 4) is 5.75 Å². The van der Waals surface area contributed by atoms with E-state index in [9.17, 15) is 9.59 Å². The lowest BCUT2D eigenvalue weighted by atomic mass is 10.1. The minimum atomic E-state index is -0.359. The summed E-state index contributed by atoms with van der Waals surface area (Å²) in [6, 6.07) is 12.9. The molecule has 148 valence electrons. The molecule has 28 heavy (non-hydrogen) atoms. The standard InChI is InChI=1S/C21H25N3O3S/c1-13(2)20(26)22-16-6-5-7-17(11-16)23-21(28)24-19(25)12-27-18-9-8-14(3)10-15(18)4/h5-11,13H,12H2,1-4H3,(H,22,26)(H2,23,24,25,28). The Morgan fingerprint density at radius 3 is 2.36 bits per heavy atom. The Balaban J connectivity index is 1.86. The van der Waals surface area contributed by atoms with E-state index in [4.69, 9.17) is 17.0 Å². The zero-order chi connectivity index (χ0) is 20.7. The second kappa shape index (κ2) is 9.85. The number of amides is 2. The molecular formula is C21H25N3O3S. The van der Waals surface area contributed by atoms with Gasteiger partial charge < -0.3 is 15.4 Å². The summed E-state index contributed by atoms with van der Waals surface area (Å²) in [5, 5.41) is 8.47. The fraction of sp³-hybridized carbons (Fsp3) is 0.286. The van der Waals surface area contributed by atoms with Crippen molar-refractivity contribution < 1.29 is 14.3 Å². The first-order chi connectivity index (χ1) is 13.2. The summed E-state index contributed by atoms with van der Waals surface area (Å²) in [6.45, 7) is 7.43. The first-order valence-corrected chi connectivity index (χ1v) is 9.37. The number of aryl methyl sites for hydroxylation is 2. The third-order valence-corrected chi connectivity index (χ3v) is 4.06. The molecule has 0 saturated heterocycles. The number of hydrogen-bond acceptors (Lipinski definition) is 4. The Kier molecular flexibility index (Phi) is 7.52. The van der Waals surface area contributed by atoms with Crippen LogP contribution in [0.2, 0.25) is 0 Å². The van der Waals surface area contributed by atoms with Crippen molar-refractivity contribution >= 4 is 40.5 Å². The molecule has 0 saturated carbocycles. The Bertz CT molecular complexity index is 881. The summed E-state index contributed by atoms with van der Waals surface area (Å²) in [5.74, 6) is 0.112. The van der Waals surface area contributed by atoms with Crippen molar-refractivity contribution in [3.63, 3.8) is 0 Å². The van der Waals surface area contributed by atoms with Gasteiger partial charge in [-0.2, -0.15) is 0 Å². The Morgan fingerprint density at radius 1 is 1.04 bits per heavy atom. The molecule has 0 bridgehead atoms. The zero-order valence-electron chi connectivity index (χ0n) is 16.5. The average Bonchev–Trinajstić information content (AvgIpc) is 2.61. The Morgan fingerprint density at radius 2 is 1.71 bits per heavy atom. The zero-order valence-corrected chi connectivity index (χ0v) is 17.3. The highest BCUT2D eigenvalue weighted by Gasteiger charge is 2.09. The molecule has 0 aliphatic heterocycles. The number of thiocarbonyl (C=S) groups is 1. The fourth-order valence-electron chi connectivity index (χ4n) is 2.39. The maximum Gasteiger partial charge on any atom is 0.264 e. The molecule has 0 fully saturated rings. The molecule has 2 rings (SSSR count).